The van der Waals surface area contributed by atoms with Crippen LogP contribution in [0.2, 0.25) is 0 Å². The van der Waals surface area contributed by atoms with Crippen LogP contribution in [0.3, 0.4) is 0 Å². The molecule has 0 atom stereocenters. The highest BCUT2D eigenvalue weighted by atomic mass is 32.2. The van der Waals surface area contributed by atoms with Crippen molar-refractivity contribution in [2.75, 3.05) is 17.5 Å². The van der Waals surface area contributed by atoms with Crippen molar-refractivity contribution < 1.29 is 27.4 Å². The van der Waals surface area contributed by atoms with Crippen LogP contribution in [-0.4, -0.2) is 32.6 Å². The zero-order valence-electron chi connectivity index (χ0n) is 18.7. The Kier molecular flexibility index (Phi) is 7.38. The Morgan fingerprint density at radius 2 is 1.61 bits per heavy atom. The molecule has 3 aromatic rings. The Morgan fingerprint density at radius 1 is 1.00 bits per heavy atom. The molecule has 3 aromatic carbocycles. The number of sulfonamides is 1. The highest BCUT2D eigenvalue weighted by molar-refractivity contribution is 7.92. The van der Waals surface area contributed by atoms with Gasteiger partial charge in [0.15, 0.2) is 18.2 Å². The number of hydrogen-bond acceptors (Lipinski definition) is 4. The quantitative estimate of drug-likeness (QED) is 0.469. The van der Waals surface area contributed by atoms with Gasteiger partial charge in [0.25, 0.3) is 10.0 Å². The summed E-state index contributed by atoms with van der Waals surface area (Å²) >= 11 is 0. The van der Waals surface area contributed by atoms with Crippen LogP contribution in [-0.2, 0) is 14.8 Å². The van der Waals surface area contributed by atoms with E-state index in [9.17, 15) is 17.6 Å². The molecule has 1 N–H and O–H groups in total. The van der Waals surface area contributed by atoms with Crippen molar-refractivity contribution >= 4 is 21.7 Å². The molecule has 3 rings (SSSR count). The van der Waals surface area contributed by atoms with E-state index in [1.165, 1.54) is 16.4 Å². The number of carbonyl (C=O) groups is 1. The third-order valence-corrected chi connectivity index (χ3v) is 6.72. The van der Waals surface area contributed by atoms with Gasteiger partial charge in [-0.1, -0.05) is 49.7 Å². The molecule has 0 amide bonds. The molecule has 0 heterocycles. The van der Waals surface area contributed by atoms with Crippen LogP contribution in [0.5, 0.6) is 5.75 Å². The lowest BCUT2D eigenvalue weighted by atomic mass is 10.0. The van der Waals surface area contributed by atoms with Gasteiger partial charge >= 0.3 is 5.97 Å². The van der Waals surface area contributed by atoms with Gasteiger partial charge in [-0.3, -0.25) is 4.31 Å². The number of aryl methyl sites for hydroxylation is 1. The number of aliphatic carboxylic acids is 1. The van der Waals surface area contributed by atoms with Gasteiger partial charge in [-0.2, -0.15) is 0 Å². The zero-order valence-corrected chi connectivity index (χ0v) is 19.5. The Balaban J connectivity index is 1.90. The zero-order chi connectivity index (χ0) is 24.2. The molecular weight excluding hydrogens is 445 g/mol. The molecule has 0 aliphatic rings. The van der Waals surface area contributed by atoms with Gasteiger partial charge in [-0.15, -0.1) is 0 Å². The minimum absolute atomic E-state index is 0.0948. The van der Waals surface area contributed by atoms with Crippen molar-refractivity contribution in [3.05, 3.63) is 78.1 Å². The highest BCUT2D eigenvalue weighted by Gasteiger charge is 2.25. The van der Waals surface area contributed by atoms with E-state index in [2.05, 4.69) is 0 Å². The Labute approximate surface area is 193 Å². The first-order valence-electron chi connectivity index (χ1n) is 10.4. The standard InChI is InChI=1S/C25H26FNO5S/c1-17(2)15-27(33(30,31)22-11-4-18(3)5-12-22)21-9-6-19(7-10-21)20-8-13-24(23(26)14-20)32-16-25(28)29/h4-14,17H,15-16H2,1-3H3,(H,28,29). The summed E-state index contributed by atoms with van der Waals surface area (Å²) in [6.07, 6.45) is 0. The second-order valence-electron chi connectivity index (χ2n) is 8.12. The van der Waals surface area contributed by atoms with E-state index >= 15 is 0 Å². The van der Waals surface area contributed by atoms with E-state index in [0.717, 1.165) is 5.56 Å². The maximum Gasteiger partial charge on any atom is 0.341 e. The molecule has 0 saturated carbocycles. The van der Waals surface area contributed by atoms with Crippen LogP contribution in [0.15, 0.2) is 71.6 Å². The SMILES string of the molecule is Cc1ccc(S(=O)(=O)N(CC(C)C)c2ccc(-c3ccc(OCC(=O)O)c(F)c3)cc2)cc1. The minimum Gasteiger partial charge on any atom is -0.479 e. The van der Waals surface area contributed by atoms with E-state index < -0.39 is 28.4 Å². The summed E-state index contributed by atoms with van der Waals surface area (Å²) < 4.78 is 47.3. The monoisotopic (exact) mass is 471 g/mol. The molecule has 0 spiro atoms. The molecule has 8 heteroatoms. The molecule has 0 saturated heterocycles. The number of anilines is 1. The van der Waals surface area contributed by atoms with Gasteiger partial charge < -0.3 is 9.84 Å². The minimum atomic E-state index is -3.76. The summed E-state index contributed by atoms with van der Waals surface area (Å²) in [6, 6.07) is 17.8. The van der Waals surface area contributed by atoms with E-state index in [4.69, 9.17) is 9.84 Å². The van der Waals surface area contributed by atoms with Crippen molar-refractivity contribution in [1.82, 2.24) is 0 Å². The molecule has 0 aliphatic heterocycles. The maximum atomic E-state index is 14.3. The first kappa shape index (κ1) is 24.3. The van der Waals surface area contributed by atoms with E-state index in [1.54, 1.807) is 54.6 Å². The molecule has 174 valence electrons. The number of hydrogen-bond donors (Lipinski definition) is 1. The second-order valence-corrected chi connectivity index (χ2v) is 9.98. The molecule has 6 nitrogen and oxygen atoms in total. The molecule has 33 heavy (non-hydrogen) atoms. The predicted octanol–water partition coefficient (Wildman–Crippen LogP) is 5.12. The van der Waals surface area contributed by atoms with E-state index in [1.807, 2.05) is 20.8 Å². The van der Waals surface area contributed by atoms with Crippen molar-refractivity contribution in [1.29, 1.82) is 0 Å². The normalized spacial score (nSPS) is 11.4. The summed E-state index contributed by atoms with van der Waals surface area (Å²) in [5.74, 6) is -1.93. The molecule has 0 fully saturated rings. The summed E-state index contributed by atoms with van der Waals surface area (Å²) in [5, 5.41) is 8.67. The number of rotatable bonds is 9. The Bertz CT molecular complexity index is 1220. The lowest BCUT2D eigenvalue weighted by Crippen LogP contribution is -2.34. The third kappa shape index (κ3) is 5.90. The van der Waals surface area contributed by atoms with Crippen LogP contribution >= 0.6 is 0 Å². The first-order chi connectivity index (χ1) is 15.6. The number of halogens is 1. The van der Waals surface area contributed by atoms with Crippen LogP contribution in [0.4, 0.5) is 10.1 Å². The number of carboxylic acid groups (broad SMARTS) is 1. The fourth-order valence-electron chi connectivity index (χ4n) is 3.27. The Morgan fingerprint density at radius 3 is 2.15 bits per heavy atom. The average Bonchev–Trinajstić information content (AvgIpc) is 2.77. The van der Waals surface area contributed by atoms with E-state index in [-0.39, 0.29) is 16.6 Å². The molecule has 0 bridgehead atoms. The van der Waals surface area contributed by atoms with Gasteiger partial charge in [0, 0.05) is 6.54 Å². The van der Waals surface area contributed by atoms with Crippen LogP contribution in [0.1, 0.15) is 19.4 Å². The molecule has 0 unspecified atom stereocenters. The van der Waals surface area contributed by atoms with Gasteiger partial charge in [-0.05, 0) is 60.4 Å². The topological polar surface area (TPSA) is 83.9 Å². The maximum absolute atomic E-state index is 14.3. The lowest BCUT2D eigenvalue weighted by Gasteiger charge is -2.26. The Hall–Kier alpha value is -3.39. The van der Waals surface area contributed by atoms with Crippen molar-refractivity contribution in [3.63, 3.8) is 0 Å². The van der Waals surface area contributed by atoms with Crippen LogP contribution in [0.25, 0.3) is 11.1 Å². The number of carboxylic acids is 1. The molecular formula is C25H26FNO5S. The third-order valence-electron chi connectivity index (χ3n) is 4.91. The fourth-order valence-corrected chi connectivity index (χ4v) is 4.90. The van der Waals surface area contributed by atoms with Crippen molar-refractivity contribution in [2.24, 2.45) is 5.92 Å². The van der Waals surface area contributed by atoms with Crippen molar-refractivity contribution in [3.8, 4) is 16.9 Å². The largest absolute Gasteiger partial charge is 0.479 e. The van der Waals surface area contributed by atoms with Gasteiger partial charge in [0.2, 0.25) is 0 Å². The summed E-state index contributed by atoms with van der Waals surface area (Å²) in [7, 11) is -3.76. The summed E-state index contributed by atoms with van der Waals surface area (Å²) in [6.45, 7) is 5.46. The van der Waals surface area contributed by atoms with Gasteiger partial charge in [0.1, 0.15) is 0 Å². The van der Waals surface area contributed by atoms with Crippen LogP contribution < -0.4 is 9.04 Å². The second kappa shape index (κ2) is 10.0. The van der Waals surface area contributed by atoms with Gasteiger partial charge in [0.05, 0.1) is 10.6 Å². The van der Waals surface area contributed by atoms with Crippen LogP contribution in [0, 0.1) is 18.7 Å². The predicted molar refractivity (Wildman–Crippen MR) is 126 cm³/mol. The van der Waals surface area contributed by atoms with E-state index in [0.29, 0.717) is 23.4 Å². The summed E-state index contributed by atoms with van der Waals surface area (Å²) in [4.78, 5) is 10.8. The van der Waals surface area contributed by atoms with Gasteiger partial charge in [-0.25, -0.2) is 17.6 Å². The lowest BCUT2D eigenvalue weighted by molar-refractivity contribution is -0.139. The fraction of sp³-hybridized carbons (Fsp3) is 0.240. The molecule has 0 radical (unpaired) electrons. The molecule has 0 aliphatic carbocycles. The number of benzene rings is 3. The summed E-state index contributed by atoms with van der Waals surface area (Å²) in [5.41, 5.74) is 2.72. The van der Waals surface area contributed by atoms with Crippen molar-refractivity contribution in [2.45, 2.75) is 25.7 Å². The average molecular weight is 472 g/mol. The highest BCUT2D eigenvalue weighted by Crippen LogP contribution is 2.30. The number of nitrogens with zero attached hydrogens (tertiary/aromatic N) is 1. The first-order valence-corrected chi connectivity index (χ1v) is 11.9. The number of ether oxygens (including phenoxy) is 1. The molecule has 0 aromatic heterocycles. The smallest absolute Gasteiger partial charge is 0.341 e.